The van der Waals surface area contributed by atoms with E-state index in [-0.39, 0.29) is 18.9 Å². The van der Waals surface area contributed by atoms with Crippen molar-refractivity contribution < 1.29 is 23.1 Å². The van der Waals surface area contributed by atoms with Crippen molar-refractivity contribution in [3.63, 3.8) is 0 Å². The van der Waals surface area contributed by atoms with Crippen LogP contribution in [-0.2, 0) is 12.8 Å². The van der Waals surface area contributed by atoms with Crippen LogP contribution in [0.15, 0.2) is 47.2 Å². The van der Waals surface area contributed by atoms with Gasteiger partial charge in [-0.25, -0.2) is 13.8 Å². The molecular weight excluding hydrogens is 440 g/mol. The Hall–Kier alpha value is -3.26. The van der Waals surface area contributed by atoms with Crippen LogP contribution in [0.1, 0.15) is 47.7 Å². The number of hydrogen-bond acceptors (Lipinski definition) is 5. The molecule has 2 N–H and O–H groups in total. The summed E-state index contributed by atoms with van der Waals surface area (Å²) < 4.78 is 32.7. The number of amides is 1. The maximum Gasteiger partial charge on any atom is 0.251 e. The Morgan fingerprint density at radius 1 is 1.24 bits per heavy atom. The van der Waals surface area contributed by atoms with Crippen molar-refractivity contribution in [3.05, 3.63) is 71.1 Å². The van der Waals surface area contributed by atoms with E-state index in [1.807, 2.05) is 6.07 Å². The second-order valence-electron chi connectivity index (χ2n) is 8.64. The average molecular weight is 470 g/mol. The van der Waals surface area contributed by atoms with Crippen molar-refractivity contribution in [1.29, 1.82) is 0 Å². The van der Waals surface area contributed by atoms with Gasteiger partial charge in [-0.05, 0) is 61.1 Å². The summed E-state index contributed by atoms with van der Waals surface area (Å²) >= 11 is 0. The number of aromatic nitrogens is 1. The summed E-state index contributed by atoms with van der Waals surface area (Å²) in [4.78, 5) is 19.8. The number of unbranched alkanes of at least 4 members (excludes halogenated alkanes) is 1. The van der Waals surface area contributed by atoms with Gasteiger partial charge in [0, 0.05) is 36.0 Å². The number of fused-ring (bicyclic) bond motifs is 1. The van der Waals surface area contributed by atoms with Crippen LogP contribution in [0.25, 0.3) is 11.5 Å². The van der Waals surface area contributed by atoms with Crippen molar-refractivity contribution in [2.75, 3.05) is 24.6 Å². The van der Waals surface area contributed by atoms with Crippen molar-refractivity contribution in [2.24, 2.45) is 0 Å². The molecule has 1 atom stereocenters. The SMILES string of the molecule is CCCCN1CCCc2c(-c3ncco3)cc(C(=O)NC(CO)Cc3cc(F)cc(F)c3)cc21. The number of oxazole rings is 1. The number of rotatable bonds is 9. The van der Waals surface area contributed by atoms with Gasteiger partial charge in [-0.1, -0.05) is 13.3 Å². The summed E-state index contributed by atoms with van der Waals surface area (Å²) in [5, 5.41) is 12.6. The molecule has 1 aliphatic rings. The van der Waals surface area contributed by atoms with E-state index < -0.39 is 17.7 Å². The Balaban J connectivity index is 1.63. The summed E-state index contributed by atoms with van der Waals surface area (Å²) in [6.45, 7) is 3.58. The van der Waals surface area contributed by atoms with Gasteiger partial charge in [0.1, 0.15) is 17.9 Å². The van der Waals surface area contributed by atoms with Crippen molar-refractivity contribution in [3.8, 4) is 11.5 Å². The molecule has 1 amide bonds. The minimum atomic E-state index is -0.703. The van der Waals surface area contributed by atoms with E-state index in [0.717, 1.165) is 61.7 Å². The molecule has 0 radical (unpaired) electrons. The van der Waals surface area contributed by atoms with Crippen molar-refractivity contribution in [2.45, 2.75) is 45.1 Å². The molecule has 1 aliphatic heterocycles. The van der Waals surface area contributed by atoms with Crippen LogP contribution in [0.4, 0.5) is 14.5 Å². The molecule has 3 aromatic rings. The summed E-state index contributed by atoms with van der Waals surface area (Å²) in [5.74, 6) is -1.32. The van der Waals surface area contributed by atoms with Crippen LogP contribution in [0.5, 0.6) is 0 Å². The topological polar surface area (TPSA) is 78.6 Å². The van der Waals surface area contributed by atoms with Gasteiger partial charge in [0.15, 0.2) is 0 Å². The maximum absolute atomic E-state index is 13.6. The van der Waals surface area contributed by atoms with Gasteiger partial charge in [-0.15, -0.1) is 0 Å². The highest BCUT2D eigenvalue weighted by atomic mass is 19.1. The standard InChI is InChI=1S/C26H29F2N3O3/c1-2-3-7-31-8-4-5-22-23(26-29-6-9-34-26)13-18(14-24(22)31)25(33)30-21(16-32)12-17-10-19(27)15-20(28)11-17/h6,9-11,13-15,21,32H,2-5,7-8,12,16H2,1H3,(H,30,33). The van der Waals surface area contributed by atoms with Gasteiger partial charge in [0.05, 0.1) is 18.8 Å². The maximum atomic E-state index is 13.6. The number of halogens is 2. The monoisotopic (exact) mass is 469 g/mol. The molecule has 180 valence electrons. The first-order chi connectivity index (χ1) is 16.5. The zero-order valence-corrected chi connectivity index (χ0v) is 19.2. The number of aliphatic hydroxyl groups is 1. The van der Waals surface area contributed by atoms with Crippen molar-refractivity contribution in [1.82, 2.24) is 10.3 Å². The average Bonchev–Trinajstić information content (AvgIpc) is 3.35. The molecule has 0 fully saturated rings. The Morgan fingerprint density at radius 2 is 2.03 bits per heavy atom. The second kappa shape index (κ2) is 10.8. The molecule has 2 aromatic carbocycles. The van der Waals surface area contributed by atoms with E-state index in [1.54, 1.807) is 12.3 Å². The lowest BCUT2D eigenvalue weighted by Gasteiger charge is -2.33. The van der Waals surface area contributed by atoms with Gasteiger partial charge in [0.25, 0.3) is 5.91 Å². The number of aliphatic hydroxyl groups excluding tert-OH is 1. The Bertz CT molecular complexity index is 1110. The first-order valence-corrected chi connectivity index (χ1v) is 11.7. The lowest BCUT2D eigenvalue weighted by atomic mass is 9.93. The molecule has 2 heterocycles. The zero-order chi connectivity index (χ0) is 24.1. The lowest BCUT2D eigenvalue weighted by molar-refractivity contribution is 0.0916. The highest BCUT2D eigenvalue weighted by molar-refractivity contribution is 5.97. The predicted molar refractivity (Wildman–Crippen MR) is 126 cm³/mol. The second-order valence-corrected chi connectivity index (χ2v) is 8.64. The summed E-state index contributed by atoms with van der Waals surface area (Å²) in [5.41, 5.74) is 3.65. The van der Waals surface area contributed by atoms with Crippen LogP contribution in [-0.4, -0.2) is 41.7 Å². The van der Waals surface area contributed by atoms with Gasteiger partial charge >= 0.3 is 0 Å². The highest BCUT2D eigenvalue weighted by Crippen LogP contribution is 2.36. The van der Waals surface area contributed by atoms with Crippen LogP contribution in [0.2, 0.25) is 0 Å². The first-order valence-electron chi connectivity index (χ1n) is 11.7. The smallest absolute Gasteiger partial charge is 0.251 e. The summed E-state index contributed by atoms with van der Waals surface area (Å²) in [7, 11) is 0. The zero-order valence-electron chi connectivity index (χ0n) is 19.2. The normalized spacial score (nSPS) is 14.1. The molecule has 34 heavy (non-hydrogen) atoms. The molecule has 0 spiro atoms. The van der Waals surface area contributed by atoms with Crippen LogP contribution >= 0.6 is 0 Å². The minimum Gasteiger partial charge on any atom is -0.445 e. The Kier molecular flexibility index (Phi) is 7.57. The summed E-state index contributed by atoms with van der Waals surface area (Å²) in [6, 6.07) is 6.12. The van der Waals surface area contributed by atoms with Gasteiger partial charge in [-0.2, -0.15) is 0 Å². The largest absolute Gasteiger partial charge is 0.445 e. The third-order valence-corrected chi connectivity index (χ3v) is 6.09. The third kappa shape index (κ3) is 5.44. The molecule has 0 bridgehead atoms. The minimum absolute atomic E-state index is 0.0943. The molecule has 1 unspecified atom stereocenters. The van der Waals surface area contributed by atoms with Gasteiger partial charge in [-0.3, -0.25) is 4.79 Å². The quantitative estimate of drug-likeness (QED) is 0.482. The van der Waals surface area contributed by atoms with E-state index in [1.165, 1.54) is 18.4 Å². The van der Waals surface area contributed by atoms with Crippen LogP contribution in [0, 0.1) is 11.6 Å². The number of hydrogen-bond donors (Lipinski definition) is 2. The number of nitrogens with zero attached hydrogens (tertiary/aromatic N) is 2. The Labute approximate surface area is 197 Å². The molecule has 4 rings (SSSR count). The molecule has 8 heteroatoms. The van der Waals surface area contributed by atoms with E-state index >= 15 is 0 Å². The fourth-order valence-electron chi connectivity index (χ4n) is 4.47. The third-order valence-electron chi connectivity index (χ3n) is 6.09. The molecular formula is C26H29F2N3O3. The van der Waals surface area contributed by atoms with E-state index in [9.17, 15) is 18.7 Å². The van der Waals surface area contributed by atoms with Crippen LogP contribution < -0.4 is 10.2 Å². The highest BCUT2D eigenvalue weighted by Gasteiger charge is 2.25. The number of benzene rings is 2. The number of anilines is 1. The number of carbonyl (C=O) groups excluding carboxylic acids is 1. The van der Waals surface area contributed by atoms with Gasteiger partial charge < -0.3 is 19.7 Å². The van der Waals surface area contributed by atoms with Crippen LogP contribution in [0.3, 0.4) is 0 Å². The first kappa shape index (κ1) is 23.9. The van der Waals surface area contributed by atoms with E-state index in [2.05, 4.69) is 22.1 Å². The number of nitrogens with one attached hydrogen (secondary N) is 1. The summed E-state index contributed by atoms with van der Waals surface area (Å²) in [6.07, 6.45) is 7.16. The number of carbonyl (C=O) groups is 1. The molecule has 6 nitrogen and oxygen atoms in total. The lowest BCUT2D eigenvalue weighted by Crippen LogP contribution is -2.39. The van der Waals surface area contributed by atoms with Gasteiger partial charge in [0.2, 0.25) is 5.89 Å². The molecule has 0 saturated heterocycles. The predicted octanol–water partition coefficient (Wildman–Crippen LogP) is 4.51. The molecule has 1 aromatic heterocycles. The van der Waals surface area contributed by atoms with E-state index in [0.29, 0.717) is 17.0 Å². The van der Waals surface area contributed by atoms with Crippen molar-refractivity contribution >= 4 is 11.6 Å². The fourth-order valence-corrected chi connectivity index (χ4v) is 4.47. The fraction of sp³-hybridized carbons (Fsp3) is 0.385. The van der Waals surface area contributed by atoms with E-state index in [4.69, 9.17) is 4.42 Å². The Morgan fingerprint density at radius 3 is 2.71 bits per heavy atom. The molecule has 0 saturated carbocycles. The molecule has 0 aliphatic carbocycles.